The quantitative estimate of drug-likeness (QED) is 0.655. The van der Waals surface area contributed by atoms with Crippen LogP contribution >= 0.6 is 0 Å². The molecule has 122 valence electrons. The number of allylic oxidation sites excluding steroid dienone is 1. The van der Waals surface area contributed by atoms with Gasteiger partial charge in [0.15, 0.2) is 11.4 Å². The largest absolute Gasteiger partial charge is 0.465 e. The summed E-state index contributed by atoms with van der Waals surface area (Å²) in [6.45, 7) is 3.91. The second kappa shape index (κ2) is 6.29. The van der Waals surface area contributed by atoms with Crippen molar-refractivity contribution in [3.63, 3.8) is 0 Å². The molecule has 0 aliphatic carbocycles. The lowest BCUT2D eigenvalue weighted by molar-refractivity contribution is -0.140. The molecule has 3 rings (SSSR count). The molecule has 1 aromatic carbocycles. The average Bonchev–Trinajstić information content (AvgIpc) is 3.16. The molecule has 0 radical (unpaired) electrons. The molecule has 1 aliphatic heterocycles. The Bertz CT molecular complexity index is 807. The number of ketones is 1. The van der Waals surface area contributed by atoms with E-state index in [1.807, 2.05) is 0 Å². The van der Waals surface area contributed by atoms with Crippen LogP contribution in [0, 0.1) is 0 Å². The topological polar surface area (TPSA) is 70.8 Å². The number of hydrogen-bond acceptors (Lipinski definition) is 4. The molecule has 24 heavy (non-hydrogen) atoms. The first-order valence-electron chi connectivity index (χ1n) is 7.55. The number of fused-ring (bicyclic) bond motifs is 1. The van der Waals surface area contributed by atoms with E-state index in [0.29, 0.717) is 17.0 Å². The van der Waals surface area contributed by atoms with Crippen molar-refractivity contribution in [2.24, 2.45) is 0 Å². The number of benzene rings is 1. The van der Waals surface area contributed by atoms with E-state index in [2.05, 4.69) is 6.58 Å². The van der Waals surface area contributed by atoms with Crippen LogP contribution in [0.5, 0.6) is 0 Å². The van der Waals surface area contributed by atoms with Gasteiger partial charge in [-0.15, -0.1) is 6.58 Å². The Morgan fingerprint density at radius 1 is 1.29 bits per heavy atom. The van der Waals surface area contributed by atoms with Crippen LogP contribution in [-0.4, -0.2) is 23.3 Å². The number of carbonyl (C=O) groups is 2. The number of nitrogens with zero attached hydrogens (tertiary/aromatic N) is 1. The van der Waals surface area contributed by atoms with E-state index in [0.717, 1.165) is 0 Å². The molecule has 5 nitrogen and oxygen atoms in total. The maximum Gasteiger partial charge on any atom is 0.264 e. The van der Waals surface area contributed by atoms with Crippen LogP contribution in [0.1, 0.15) is 17.7 Å². The van der Waals surface area contributed by atoms with Crippen molar-refractivity contribution in [2.75, 3.05) is 11.4 Å². The fraction of sp³-hybridized carbons (Fsp3) is 0.158. The molecular weight excluding hydrogens is 306 g/mol. The molecule has 1 amide bonds. The highest BCUT2D eigenvalue weighted by Gasteiger charge is 2.50. The van der Waals surface area contributed by atoms with Gasteiger partial charge in [-0.3, -0.25) is 9.59 Å². The lowest BCUT2D eigenvalue weighted by Gasteiger charge is -2.21. The summed E-state index contributed by atoms with van der Waals surface area (Å²) in [5.41, 5.74) is -0.811. The molecule has 0 saturated heterocycles. The monoisotopic (exact) mass is 323 g/mol. The molecular formula is C19H17NO4. The molecule has 2 heterocycles. The lowest BCUT2D eigenvalue weighted by Crippen LogP contribution is -2.41. The van der Waals surface area contributed by atoms with Gasteiger partial charge in [-0.2, -0.15) is 0 Å². The molecule has 1 N–H and O–H groups in total. The molecule has 1 atom stereocenters. The fourth-order valence-electron chi connectivity index (χ4n) is 2.86. The smallest absolute Gasteiger partial charge is 0.264 e. The van der Waals surface area contributed by atoms with Crippen molar-refractivity contribution in [3.05, 3.63) is 72.7 Å². The Morgan fingerprint density at radius 3 is 2.79 bits per heavy atom. The van der Waals surface area contributed by atoms with Crippen molar-refractivity contribution in [2.45, 2.75) is 12.0 Å². The van der Waals surface area contributed by atoms with Gasteiger partial charge in [-0.05, 0) is 30.4 Å². The van der Waals surface area contributed by atoms with Gasteiger partial charge < -0.3 is 14.4 Å². The summed E-state index contributed by atoms with van der Waals surface area (Å²) in [7, 11) is 0. The van der Waals surface area contributed by atoms with Crippen LogP contribution < -0.4 is 4.90 Å². The zero-order valence-electron chi connectivity index (χ0n) is 13.0. The Balaban J connectivity index is 1.87. The summed E-state index contributed by atoms with van der Waals surface area (Å²) in [4.78, 5) is 26.4. The molecule has 0 saturated carbocycles. The molecule has 5 heteroatoms. The second-order valence-electron chi connectivity index (χ2n) is 5.57. The first-order valence-corrected chi connectivity index (χ1v) is 7.55. The van der Waals surface area contributed by atoms with Gasteiger partial charge in [-0.1, -0.05) is 24.3 Å². The van der Waals surface area contributed by atoms with Gasteiger partial charge >= 0.3 is 0 Å². The van der Waals surface area contributed by atoms with Gasteiger partial charge in [0.05, 0.1) is 18.4 Å². The maximum absolute atomic E-state index is 12.7. The number of carbonyl (C=O) groups excluding carboxylic acids is 2. The SMILES string of the molecule is C=CCN1C(=O)C(O)(CC(=O)/C=C/c2ccco2)c2ccccc21. The maximum atomic E-state index is 12.7. The average molecular weight is 323 g/mol. The van der Waals surface area contributed by atoms with E-state index < -0.39 is 11.5 Å². The molecule has 1 aliphatic rings. The van der Waals surface area contributed by atoms with E-state index in [4.69, 9.17) is 4.42 Å². The number of hydrogen-bond donors (Lipinski definition) is 1. The number of aliphatic hydroxyl groups is 1. The Kier molecular flexibility index (Phi) is 4.18. The van der Waals surface area contributed by atoms with E-state index in [1.165, 1.54) is 23.3 Å². The van der Waals surface area contributed by atoms with Crippen molar-refractivity contribution in [1.29, 1.82) is 0 Å². The predicted molar refractivity (Wildman–Crippen MR) is 90.3 cm³/mol. The van der Waals surface area contributed by atoms with Crippen molar-refractivity contribution >= 4 is 23.5 Å². The zero-order valence-corrected chi connectivity index (χ0v) is 13.0. The number of anilines is 1. The van der Waals surface area contributed by atoms with Gasteiger partial charge in [0, 0.05) is 12.1 Å². The van der Waals surface area contributed by atoms with Gasteiger partial charge in [-0.25, -0.2) is 0 Å². The van der Waals surface area contributed by atoms with Gasteiger partial charge in [0.25, 0.3) is 5.91 Å². The van der Waals surface area contributed by atoms with E-state index in [9.17, 15) is 14.7 Å². The summed E-state index contributed by atoms with van der Waals surface area (Å²) in [6, 6.07) is 10.4. The standard InChI is InChI=1S/C19H17NO4/c1-2-11-20-17-8-4-3-7-16(17)19(23,18(20)22)13-14(21)9-10-15-6-5-12-24-15/h2-10,12,23H,1,11,13H2/b10-9+. The third kappa shape index (κ3) is 2.70. The summed E-state index contributed by atoms with van der Waals surface area (Å²) in [6.07, 6.45) is 5.58. The van der Waals surface area contributed by atoms with Crippen molar-refractivity contribution in [3.8, 4) is 0 Å². The summed E-state index contributed by atoms with van der Waals surface area (Å²) in [5.74, 6) is -0.345. The van der Waals surface area contributed by atoms with Gasteiger partial charge in [0.2, 0.25) is 0 Å². The predicted octanol–water partition coefficient (Wildman–Crippen LogP) is 2.67. The summed E-state index contributed by atoms with van der Waals surface area (Å²) in [5, 5.41) is 10.9. The molecule has 1 unspecified atom stereocenters. The van der Waals surface area contributed by atoms with Crippen LogP contribution in [0.15, 0.2) is 65.8 Å². The lowest BCUT2D eigenvalue weighted by atomic mass is 9.90. The van der Waals surface area contributed by atoms with Crippen LogP contribution in [0.3, 0.4) is 0 Å². The highest BCUT2D eigenvalue weighted by Crippen LogP contribution is 2.42. The van der Waals surface area contributed by atoms with Crippen molar-refractivity contribution < 1.29 is 19.1 Å². The highest BCUT2D eigenvalue weighted by atomic mass is 16.3. The Hall–Kier alpha value is -2.92. The minimum atomic E-state index is -1.86. The van der Waals surface area contributed by atoms with E-state index in [-0.39, 0.29) is 18.7 Å². The molecule has 0 bridgehead atoms. The Labute approximate surface area is 139 Å². The first-order chi connectivity index (χ1) is 11.6. The van der Waals surface area contributed by atoms with Crippen LogP contribution in [-0.2, 0) is 15.2 Å². The number of amides is 1. The minimum Gasteiger partial charge on any atom is -0.465 e. The number of furan rings is 1. The molecule has 0 spiro atoms. The first kappa shape index (κ1) is 16.0. The van der Waals surface area contributed by atoms with Crippen LogP contribution in [0.2, 0.25) is 0 Å². The number of rotatable bonds is 6. The Morgan fingerprint density at radius 2 is 2.08 bits per heavy atom. The second-order valence-corrected chi connectivity index (χ2v) is 5.57. The summed E-state index contributed by atoms with van der Waals surface area (Å²) < 4.78 is 5.12. The fourth-order valence-corrected chi connectivity index (χ4v) is 2.86. The van der Waals surface area contributed by atoms with E-state index in [1.54, 1.807) is 42.5 Å². The van der Waals surface area contributed by atoms with Crippen molar-refractivity contribution in [1.82, 2.24) is 0 Å². The van der Waals surface area contributed by atoms with Gasteiger partial charge in [0.1, 0.15) is 5.76 Å². The van der Waals surface area contributed by atoms with E-state index >= 15 is 0 Å². The molecule has 0 fully saturated rings. The highest BCUT2D eigenvalue weighted by molar-refractivity contribution is 6.10. The normalized spacial score (nSPS) is 19.7. The molecule has 1 aromatic heterocycles. The number of para-hydroxylation sites is 1. The third-order valence-electron chi connectivity index (χ3n) is 3.96. The van der Waals surface area contributed by atoms with Crippen LogP contribution in [0.4, 0.5) is 5.69 Å². The third-order valence-corrected chi connectivity index (χ3v) is 3.96. The molecule has 2 aromatic rings. The zero-order chi connectivity index (χ0) is 17.2. The van der Waals surface area contributed by atoms with Crippen LogP contribution in [0.25, 0.3) is 6.08 Å². The minimum absolute atomic E-state index is 0.272. The summed E-state index contributed by atoms with van der Waals surface area (Å²) >= 11 is 0.